The fourth-order valence-electron chi connectivity index (χ4n) is 4.33. The van der Waals surface area contributed by atoms with Crippen LogP contribution in [0.15, 0.2) is 42.6 Å². The highest BCUT2D eigenvalue weighted by molar-refractivity contribution is 5.94. The average molecular weight is 377 g/mol. The molecule has 0 atom stereocenters. The van der Waals surface area contributed by atoms with Gasteiger partial charge >= 0.3 is 0 Å². The molecule has 1 aromatic carbocycles. The van der Waals surface area contributed by atoms with Gasteiger partial charge in [0.2, 0.25) is 5.88 Å². The van der Waals surface area contributed by atoms with E-state index >= 15 is 0 Å². The maximum Gasteiger partial charge on any atom is 0.255 e. The summed E-state index contributed by atoms with van der Waals surface area (Å²) in [7, 11) is 0. The molecule has 1 aromatic heterocycles. The predicted molar refractivity (Wildman–Crippen MR) is 109 cm³/mol. The number of aromatic nitrogens is 1. The highest BCUT2D eigenvalue weighted by Gasteiger charge is 2.44. The van der Waals surface area contributed by atoms with Crippen molar-refractivity contribution in [2.75, 3.05) is 6.61 Å². The third-order valence-corrected chi connectivity index (χ3v) is 6.46. The first kappa shape index (κ1) is 17.7. The van der Waals surface area contributed by atoms with Crippen molar-refractivity contribution in [3.63, 3.8) is 0 Å². The Morgan fingerprint density at radius 2 is 1.86 bits per heavy atom. The fourth-order valence-corrected chi connectivity index (χ4v) is 4.33. The summed E-state index contributed by atoms with van der Waals surface area (Å²) in [4.78, 5) is 19.7. The number of nitrogens with zero attached hydrogens (tertiary/aromatic N) is 2. The highest BCUT2D eigenvalue weighted by Crippen LogP contribution is 2.44. The summed E-state index contributed by atoms with van der Waals surface area (Å²) in [6, 6.07) is 13.1. The van der Waals surface area contributed by atoms with Crippen molar-refractivity contribution < 1.29 is 9.53 Å². The van der Waals surface area contributed by atoms with E-state index in [4.69, 9.17) is 4.74 Å². The van der Waals surface area contributed by atoms with Crippen molar-refractivity contribution in [2.45, 2.75) is 63.5 Å². The lowest BCUT2D eigenvalue weighted by atomic mass is 9.73. The van der Waals surface area contributed by atoms with Gasteiger partial charge in [-0.2, -0.15) is 0 Å². The number of carbonyl (C=O) groups is 1. The molecule has 5 rings (SSSR count). The van der Waals surface area contributed by atoms with Gasteiger partial charge in [0.05, 0.1) is 12.2 Å². The van der Waals surface area contributed by atoms with Gasteiger partial charge in [-0.05, 0) is 74.5 Å². The van der Waals surface area contributed by atoms with E-state index in [0.29, 0.717) is 35.4 Å². The summed E-state index contributed by atoms with van der Waals surface area (Å²) in [5.74, 6) is 2.05. The van der Waals surface area contributed by atoms with Gasteiger partial charge in [-0.25, -0.2) is 4.98 Å². The third-order valence-electron chi connectivity index (χ3n) is 6.46. The molecule has 0 unspecified atom stereocenters. The summed E-state index contributed by atoms with van der Waals surface area (Å²) >= 11 is 0. The van der Waals surface area contributed by atoms with Crippen molar-refractivity contribution in [1.29, 1.82) is 0 Å². The first-order valence-corrected chi connectivity index (χ1v) is 10.7. The van der Waals surface area contributed by atoms with Crippen LogP contribution in [0, 0.1) is 12.8 Å². The molecule has 0 N–H and O–H groups in total. The Morgan fingerprint density at radius 1 is 1.07 bits per heavy atom. The second kappa shape index (κ2) is 7.23. The largest absolute Gasteiger partial charge is 0.477 e. The maximum atomic E-state index is 13.2. The normalized spacial score (nSPS) is 23.8. The van der Waals surface area contributed by atoms with Crippen molar-refractivity contribution >= 4 is 5.91 Å². The van der Waals surface area contributed by atoms with Crippen LogP contribution in [0.4, 0.5) is 0 Å². The standard InChI is InChI=1S/C24H28N2O2/c1-16-4-2-3-5-22(16)19-12-21(13-19)26(20-9-10-20)24(27)18-8-11-23(25-14-18)28-15-17-6-7-17/h2-5,8,11,14,17,19-21H,6-7,9-10,12-13,15H2,1H3. The molecular weight excluding hydrogens is 348 g/mol. The van der Waals surface area contributed by atoms with Crippen LogP contribution in [0.1, 0.15) is 65.9 Å². The zero-order valence-corrected chi connectivity index (χ0v) is 16.5. The maximum absolute atomic E-state index is 13.2. The van der Waals surface area contributed by atoms with Gasteiger partial charge in [-0.3, -0.25) is 4.79 Å². The molecule has 3 saturated carbocycles. The second-order valence-electron chi connectivity index (χ2n) is 8.76. The van der Waals surface area contributed by atoms with Gasteiger partial charge in [-0.15, -0.1) is 0 Å². The zero-order chi connectivity index (χ0) is 19.1. The van der Waals surface area contributed by atoms with Crippen molar-refractivity contribution in [1.82, 2.24) is 9.88 Å². The molecule has 0 radical (unpaired) electrons. The molecule has 4 nitrogen and oxygen atoms in total. The van der Waals surface area contributed by atoms with Crippen LogP contribution in [0.2, 0.25) is 0 Å². The molecule has 3 aliphatic carbocycles. The molecule has 2 aromatic rings. The number of benzene rings is 1. The molecular formula is C24H28N2O2. The van der Waals surface area contributed by atoms with Gasteiger partial charge in [0, 0.05) is 24.3 Å². The fraction of sp³-hybridized carbons (Fsp3) is 0.500. The number of rotatable bonds is 7. The van der Waals surface area contributed by atoms with Gasteiger partial charge in [-0.1, -0.05) is 24.3 Å². The summed E-state index contributed by atoms with van der Waals surface area (Å²) in [6.07, 6.45) is 8.62. The van der Waals surface area contributed by atoms with Crippen LogP contribution in [0.5, 0.6) is 5.88 Å². The first-order valence-electron chi connectivity index (χ1n) is 10.7. The van der Waals surface area contributed by atoms with Gasteiger partial charge in [0.1, 0.15) is 0 Å². The Balaban J connectivity index is 1.24. The van der Waals surface area contributed by atoms with Crippen molar-refractivity contribution in [3.8, 4) is 5.88 Å². The van der Waals surface area contributed by atoms with E-state index in [9.17, 15) is 4.79 Å². The SMILES string of the molecule is Cc1ccccc1C1CC(N(C(=O)c2ccc(OCC3CC3)nc2)C2CC2)C1. The minimum atomic E-state index is 0.136. The Morgan fingerprint density at radius 3 is 2.50 bits per heavy atom. The predicted octanol–water partition coefficient (Wildman–Crippen LogP) is 4.73. The Kier molecular flexibility index (Phi) is 4.58. The number of hydrogen-bond donors (Lipinski definition) is 0. The van der Waals surface area contributed by atoms with E-state index in [1.165, 1.54) is 24.0 Å². The highest BCUT2D eigenvalue weighted by atomic mass is 16.5. The summed E-state index contributed by atoms with van der Waals surface area (Å²) in [6.45, 7) is 2.93. The molecule has 4 heteroatoms. The molecule has 1 heterocycles. The second-order valence-corrected chi connectivity index (χ2v) is 8.76. The summed E-state index contributed by atoms with van der Waals surface area (Å²) in [5, 5.41) is 0. The smallest absolute Gasteiger partial charge is 0.255 e. The van der Waals surface area contributed by atoms with Crippen LogP contribution in [0.25, 0.3) is 0 Å². The number of pyridine rings is 1. The Hall–Kier alpha value is -2.36. The van der Waals surface area contributed by atoms with E-state index in [1.54, 1.807) is 6.20 Å². The monoisotopic (exact) mass is 376 g/mol. The number of aryl methyl sites for hydroxylation is 1. The molecule has 0 aliphatic heterocycles. The number of hydrogen-bond acceptors (Lipinski definition) is 3. The Bertz CT molecular complexity index is 849. The van der Waals surface area contributed by atoms with E-state index in [0.717, 1.165) is 32.3 Å². The van der Waals surface area contributed by atoms with Crippen LogP contribution in [-0.2, 0) is 0 Å². The Labute approximate surface area is 166 Å². The first-order chi connectivity index (χ1) is 13.7. The van der Waals surface area contributed by atoms with Crippen LogP contribution in [0.3, 0.4) is 0 Å². The number of amides is 1. The lowest BCUT2D eigenvalue weighted by Gasteiger charge is -2.44. The lowest BCUT2D eigenvalue weighted by molar-refractivity contribution is 0.0516. The molecule has 0 saturated heterocycles. The molecule has 28 heavy (non-hydrogen) atoms. The minimum Gasteiger partial charge on any atom is -0.477 e. The van der Waals surface area contributed by atoms with E-state index < -0.39 is 0 Å². The summed E-state index contributed by atoms with van der Waals surface area (Å²) < 4.78 is 5.70. The van der Waals surface area contributed by atoms with E-state index in [-0.39, 0.29) is 5.91 Å². The topological polar surface area (TPSA) is 42.4 Å². The number of ether oxygens (including phenoxy) is 1. The molecule has 3 fully saturated rings. The summed E-state index contributed by atoms with van der Waals surface area (Å²) in [5.41, 5.74) is 3.49. The molecule has 3 aliphatic rings. The third kappa shape index (κ3) is 3.65. The van der Waals surface area contributed by atoms with Crippen molar-refractivity contribution in [3.05, 3.63) is 59.3 Å². The zero-order valence-electron chi connectivity index (χ0n) is 16.5. The quantitative estimate of drug-likeness (QED) is 0.702. The van der Waals surface area contributed by atoms with Crippen molar-refractivity contribution in [2.24, 2.45) is 5.92 Å². The van der Waals surface area contributed by atoms with Crippen LogP contribution >= 0.6 is 0 Å². The van der Waals surface area contributed by atoms with E-state index in [2.05, 4.69) is 41.1 Å². The molecule has 146 valence electrons. The molecule has 1 amide bonds. The van der Waals surface area contributed by atoms with Crippen LogP contribution in [-0.4, -0.2) is 34.5 Å². The average Bonchev–Trinajstić information content (AvgIpc) is 3.58. The van der Waals surface area contributed by atoms with E-state index in [1.807, 2.05) is 12.1 Å². The van der Waals surface area contributed by atoms with Gasteiger partial charge < -0.3 is 9.64 Å². The number of carbonyl (C=O) groups excluding carboxylic acids is 1. The van der Waals surface area contributed by atoms with Crippen LogP contribution < -0.4 is 4.74 Å². The van der Waals surface area contributed by atoms with Gasteiger partial charge in [0.25, 0.3) is 5.91 Å². The lowest BCUT2D eigenvalue weighted by Crippen LogP contribution is -2.48. The molecule has 0 bridgehead atoms. The molecule has 0 spiro atoms. The minimum absolute atomic E-state index is 0.136. The van der Waals surface area contributed by atoms with Gasteiger partial charge in [0.15, 0.2) is 0 Å².